The molecular weight excluding hydrogens is 192 g/mol. The van der Waals surface area contributed by atoms with Crippen LogP contribution in [0.3, 0.4) is 0 Å². The van der Waals surface area contributed by atoms with Crippen LogP contribution < -0.4 is 5.32 Å². The lowest BCUT2D eigenvalue weighted by atomic mass is 9.88. The third-order valence-corrected chi connectivity index (χ3v) is 3.04. The van der Waals surface area contributed by atoms with Crippen LogP contribution >= 0.6 is 0 Å². The fourth-order valence-corrected chi connectivity index (χ4v) is 2.37. The molecule has 88 valence electrons. The summed E-state index contributed by atoms with van der Waals surface area (Å²) in [5, 5.41) is 12.7. The highest BCUT2D eigenvalue weighted by atomic mass is 16.3. The van der Waals surface area contributed by atoms with E-state index >= 15 is 0 Å². The highest BCUT2D eigenvalue weighted by Gasteiger charge is 2.29. The van der Waals surface area contributed by atoms with Crippen LogP contribution in [0.4, 0.5) is 0 Å². The first-order valence-electron chi connectivity index (χ1n) is 5.66. The smallest absolute Gasteiger partial charge is 0.217 e. The van der Waals surface area contributed by atoms with Gasteiger partial charge in [0, 0.05) is 26.1 Å². The second-order valence-corrected chi connectivity index (χ2v) is 4.59. The van der Waals surface area contributed by atoms with Crippen molar-refractivity contribution in [1.82, 2.24) is 10.2 Å². The van der Waals surface area contributed by atoms with Gasteiger partial charge in [-0.1, -0.05) is 6.92 Å². The number of likely N-dealkylation sites (tertiary alicyclic amines) is 1. The summed E-state index contributed by atoms with van der Waals surface area (Å²) in [5.74, 6) is 0.297. The molecule has 0 aromatic heterocycles. The Hall–Kier alpha value is -0.610. The fraction of sp³-hybridized carbons (Fsp3) is 0.909. The van der Waals surface area contributed by atoms with Crippen molar-refractivity contribution >= 4 is 5.91 Å². The Balaban J connectivity index is 2.51. The van der Waals surface area contributed by atoms with Gasteiger partial charge >= 0.3 is 0 Å². The molecule has 3 unspecified atom stereocenters. The monoisotopic (exact) mass is 214 g/mol. The summed E-state index contributed by atoms with van der Waals surface area (Å²) >= 11 is 0. The number of likely N-dealkylation sites (N-methyl/N-ethyl adjacent to an activating group) is 1. The quantitative estimate of drug-likeness (QED) is 0.706. The van der Waals surface area contributed by atoms with Crippen molar-refractivity contribution in [2.24, 2.45) is 5.92 Å². The number of nitrogens with zero attached hydrogens (tertiary/aromatic N) is 1. The summed E-state index contributed by atoms with van der Waals surface area (Å²) in [6.45, 7) is 5.34. The van der Waals surface area contributed by atoms with Gasteiger partial charge in [-0.25, -0.2) is 0 Å². The molecule has 0 radical (unpaired) electrons. The Morgan fingerprint density at radius 2 is 2.27 bits per heavy atom. The summed E-state index contributed by atoms with van der Waals surface area (Å²) in [7, 11) is 2.03. The molecule has 0 aromatic rings. The second-order valence-electron chi connectivity index (χ2n) is 4.59. The standard InChI is InChI=1S/C11H22N2O2/c1-4-11(15)9-5-10(12-8(2)14)7-13(3)6-9/h9-11,15H,4-7H2,1-3H3,(H,12,14). The van der Waals surface area contributed by atoms with Gasteiger partial charge in [0.1, 0.15) is 0 Å². The maximum Gasteiger partial charge on any atom is 0.217 e. The lowest BCUT2D eigenvalue weighted by molar-refractivity contribution is -0.120. The van der Waals surface area contributed by atoms with Crippen LogP contribution in [0.2, 0.25) is 0 Å². The minimum atomic E-state index is -0.246. The molecule has 0 aromatic carbocycles. The van der Waals surface area contributed by atoms with Gasteiger partial charge < -0.3 is 15.3 Å². The zero-order valence-electron chi connectivity index (χ0n) is 9.86. The SMILES string of the molecule is CCC(O)C1CC(NC(C)=O)CN(C)C1. The van der Waals surface area contributed by atoms with E-state index in [1.807, 2.05) is 14.0 Å². The molecule has 15 heavy (non-hydrogen) atoms. The van der Waals surface area contributed by atoms with Crippen LogP contribution in [0.5, 0.6) is 0 Å². The molecule has 1 heterocycles. The molecule has 0 saturated carbocycles. The first kappa shape index (κ1) is 12.5. The maximum absolute atomic E-state index is 11.0. The number of aliphatic hydroxyl groups excluding tert-OH is 1. The van der Waals surface area contributed by atoms with Crippen molar-refractivity contribution in [2.45, 2.75) is 38.8 Å². The van der Waals surface area contributed by atoms with Crippen LogP contribution in [-0.4, -0.2) is 48.2 Å². The predicted molar refractivity (Wildman–Crippen MR) is 59.5 cm³/mol. The summed E-state index contributed by atoms with van der Waals surface area (Å²) < 4.78 is 0. The molecule has 1 saturated heterocycles. The average molecular weight is 214 g/mol. The number of hydrogen-bond donors (Lipinski definition) is 2. The lowest BCUT2D eigenvalue weighted by Gasteiger charge is -2.37. The van der Waals surface area contributed by atoms with E-state index in [-0.39, 0.29) is 24.0 Å². The van der Waals surface area contributed by atoms with Crippen LogP contribution in [0.25, 0.3) is 0 Å². The molecule has 0 spiro atoms. The van der Waals surface area contributed by atoms with E-state index in [0.29, 0.717) is 0 Å². The molecule has 1 aliphatic rings. The van der Waals surface area contributed by atoms with Gasteiger partial charge in [0.25, 0.3) is 0 Å². The van der Waals surface area contributed by atoms with Crippen molar-refractivity contribution in [2.75, 3.05) is 20.1 Å². The summed E-state index contributed by atoms with van der Waals surface area (Å²) in [4.78, 5) is 13.1. The Morgan fingerprint density at radius 1 is 1.60 bits per heavy atom. The third-order valence-electron chi connectivity index (χ3n) is 3.04. The number of carbonyl (C=O) groups is 1. The largest absolute Gasteiger partial charge is 0.393 e. The first-order chi connectivity index (χ1) is 7.02. The number of aliphatic hydroxyl groups is 1. The molecule has 4 heteroatoms. The molecule has 0 aliphatic carbocycles. The normalized spacial score (nSPS) is 29.9. The average Bonchev–Trinajstić information content (AvgIpc) is 2.14. The first-order valence-corrected chi connectivity index (χ1v) is 5.66. The van der Waals surface area contributed by atoms with Gasteiger partial charge in [-0.15, -0.1) is 0 Å². The zero-order valence-corrected chi connectivity index (χ0v) is 9.86. The summed E-state index contributed by atoms with van der Waals surface area (Å²) in [6.07, 6.45) is 1.42. The topological polar surface area (TPSA) is 52.6 Å². The number of carbonyl (C=O) groups excluding carboxylic acids is 1. The number of rotatable bonds is 3. The minimum Gasteiger partial charge on any atom is -0.393 e. The lowest BCUT2D eigenvalue weighted by Crippen LogP contribution is -2.51. The molecule has 4 nitrogen and oxygen atoms in total. The molecule has 0 bridgehead atoms. The molecule has 1 aliphatic heterocycles. The molecule has 1 amide bonds. The van der Waals surface area contributed by atoms with Crippen LogP contribution in [0.15, 0.2) is 0 Å². The molecule has 2 N–H and O–H groups in total. The highest BCUT2D eigenvalue weighted by Crippen LogP contribution is 2.20. The predicted octanol–water partition coefficient (Wildman–Crippen LogP) is 0.214. The molecule has 1 fully saturated rings. The Morgan fingerprint density at radius 3 is 2.80 bits per heavy atom. The highest BCUT2D eigenvalue weighted by molar-refractivity contribution is 5.73. The second kappa shape index (κ2) is 5.47. The Bertz CT molecular complexity index is 221. The van der Waals surface area contributed by atoms with E-state index in [2.05, 4.69) is 10.2 Å². The van der Waals surface area contributed by atoms with E-state index in [4.69, 9.17) is 0 Å². The summed E-state index contributed by atoms with van der Waals surface area (Å²) in [5.41, 5.74) is 0. The Kier molecular flexibility index (Phi) is 4.54. The number of amides is 1. The summed E-state index contributed by atoms with van der Waals surface area (Å²) in [6, 6.07) is 0.187. The van der Waals surface area contributed by atoms with Crippen molar-refractivity contribution in [3.63, 3.8) is 0 Å². The maximum atomic E-state index is 11.0. The Labute approximate surface area is 91.6 Å². The van der Waals surface area contributed by atoms with Crippen LogP contribution in [0.1, 0.15) is 26.7 Å². The minimum absolute atomic E-state index is 0.0139. The van der Waals surface area contributed by atoms with Crippen molar-refractivity contribution < 1.29 is 9.90 Å². The van der Waals surface area contributed by atoms with E-state index < -0.39 is 0 Å². The van der Waals surface area contributed by atoms with Gasteiger partial charge in [-0.3, -0.25) is 4.79 Å². The van der Waals surface area contributed by atoms with Gasteiger partial charge in [0.05, 0.1) is 6.10 Å². The molecular formula is C11H22N2O2. The van der Waals surface area contributed by atoms with Gasteiger partial charge in [-0.2, -0.15) is 0 Å². The number of hydrogen-bond acceptors (Lipinski definition) is 3. The molecule has 3 atom stereocenters. The van der Waals surface area contributed by atoms with E-state index in [9.17, 15) is 9.90 Å². The zero-order chi connectivity index (χ0) is 11.4. The van der Waals surface area contributed by atoms with E-state index in [0.717, 1.165) is 25.9 Å². The molecule has 1 rings (SSSR count). The van der Waals surface area contributed by atoms with Gasteiger partial charge in [0.2, 0.25) is 5.91 Å². The van der Waals surface area contributed by atoms with Gasteiger partial charge in [-0.05, 0) is 25.8 Å². The van der Waals surface area contributed by atoms with Gasteiger partial charge in [0.15, 0.2) is 0 Å². The number of piperidine rings is 1. The third kappa shape index (κ3) is 3.80. The van der Waals surface area contributed by atoms with Crippen LogP contribution in [0, 0.1) is 5.92 Å². The van der Waals surface area contributed by atoms with Crippen LogP contribution in [-0.2, 0) is 4.79 Å². The van der Waals surface area contributed by atoms with Crippen molar-refractivity contribution in [3.05, 3.63) is 0 Å². The van der Waals surface area contributed by atoms with Crippen molar-refractivity contribution in [1.29, 1.82) is 0 Å². The van der Waals surface area contributed by atoms with Crippen molar-refractivity contribution in [3.8, 4) is 0 Å². The van der Waals surface area contributed by atoms with E-state index in [1.54, 1.807) is 6.92 Å². The fourth-order valence-electron chi connectivity index (χ4n) is 2.37. The van der Waals surface area contributed by atoms with E-state index in [1.165, 1.54) is 0 Å². The number of nitrogens with one attached hydrogen (secondary N) is 1.